The van der Waals surface area contributed by atoms with Gasteiger partial charge in [0.1, 0.15) is 11.1 Å². The van der Waals surface area contributed by atoms with Gasteiger partial charge in [-0.05, 0) is 31.1 Å². The fraction of sp³-hybridized carbons (Fsp3) is 0.727. The fourth-order valence-electron chi connectivity index (χ4n) is 1.82. The van der Waals surface area contributed by atoms with E-state index in [9.17, 15) is 4.79 Å². The van der Waals surface area contributed by atoms with Gasteiger partial charge in [-0.1, -0.05) is 32.0 Å². The standard InChI is InChI=1S/C11H17ClO2/c1-7-4-5-10(6-8(7)2)14-11(13)9(3)12/h7-8,10H,3-6H2,1-2H3. The highest BCUT2D eigenvalue weighted by atomic mass is 35.5. The number of rotatable bonds is 2. The van der Waals surface area contributed by atoms with Gasteiger partial charge < -0.3 is 4.74 Å². The minimum Gasteiger partial charge on any atom is -0.458 e. The van der Waals surface area contributed by atoms with E-state index in [0.29, 0.717) is 5.92 Å². The molecule has 0 bridgehead atoms. The lowest BCUT2D eigenvalue weighted by Gasteiger charge is -2.31. The van der Waals surface area contributed by atoms with Gasteiger partial charge in [0.05, 0.1) is 0 Å². The van der Waals surface area contributed by atoms with Crippen LogP contribution in [0.25, 0.3) is 0 Å². The van der Waals surface area contributed by atoms with Crippen LogP contribution in [0.3, 0.4) is 0 Å². The first kappa shape index (κ1) is 11.6. The quantitative estimate of drug-likeness (QED) is 0.524. The summed E-state index contributed by atoms with van der Waals surface area (Å²) in [5.74, 6) is 0.868. The minimum absolute atomic E-state index is 0.0312. The van der Waals surface area contributed by atoms with Gasteiger partial charge in [-0.15, -0.1) is 0 Å². The molecule has 0 saturated heterocycles. The Morgan fingerprint density at radius 2 is 2.00 bits per heavy atom. The lowest BCUT2D eigenvalue weighted by molar-refractivity contribution is -0.146. The minimum atomic E-state index is -0.474. The topological polar surface area (TPSA) is 26.3 Å². The van der Waals surface area contributed by atoms with E-state index in [0.717, 1.165) is 25.2 Å². The van der Waals surface area contributed by atoms with Crippen molar-refractivity contribution in [2.75, 3.05) is 0 Å². The molecule has 1 rings (SSSR count). The highest BCUT2D eigenvalue weighted by Gasteiger charge is 2.27. The SMILES string of the molecule is C=C(Cl)C(=O)OC1CCC(C)C(C)C1. The molecule has 0 heterocycles. The normalized spacial score (nSPS) is 32.4. The molecule has 2 nitrogen and oxygen atoms in total. The number of carbonyl (C=O) groups excluding carboxylic acids is 1. The van der Waals surface area contributed by atoms with Crippen LogP contribution < -0.4 is 0 Å². The van der Waals surface area contributed by atoms with E-state index in [1.807, 2.05) is 0 Å². The molecule has 0 spiro atoms. The molecular formula is C11H17ClO2. The molecule has 0 radical (unpaired) electrons. The molecule has 0 aliphatic heterocycles. The predicted octanol–water partition coefficient (Wildman–Crippen LogP) is 3.11. The highest BCUT2D eigenvalue weighted by molar-refractivity contribution is 6.40. The maximum atomic E-state index is 11.1. The third-order valence-electron chi connectivity index (χ3n) is 3.05. The molecule has 0 aromatic carbocycles. The van der Waals surface area contributed by atoms with Gasteiger partial charge in [0.2, 0.25) is 0 Å². The summed E-state index contributed by atoms with van der Waals surface area (Å²) in [6.07, 6.45) is 3.04. The van der Waals surface area contributed by atoms with Crippen molar-refractivity contribution >= 4 is 17.6 Å². The summed E-state index contributed by atoms with van der Waals surface area (Å²) in [5.41, 5.74) is 0. The molecule has 3 atom stereocenters. The number of hydrogen-bond acceptors (Lipinski definition) is 2. The average Bonchev–Trinajstić information content (AvgIpc) is 2.11. The summed E-state index contributed by atoms with van der Waals surface area (Å²) in [6.45, 7) is 7.78. The zero-order valence-corrected chi connectivity index (χ0v) is 9.51. The molecule has 0 aromatic heterocycles. The molecule has 0 aromatic rings. The first-order valence-corrected chi connectivity index (χ1v) is 5.44. The Kier molecular flexibility index (Phi) is 3.99. The van der Waals surface area contributed by atoms with Crippen LogP contribution in [0.4, 0.5) is 0 Å². The second-order valence-electron chi connectivity index (χ2n) is 4.20. The molecule has 1 saturated carbocycles. The first-order valence-electron chi connectivity index (χ1n) is 5.06. The van der Waals surface area contributed by atoms with Crippen molar-refractivity contribution in [1.82, 2.24) is 0 Å². The monoisotopic (exact) mass is 216 g/mol. The Morgan fingerprint density at radius 3 is 2.50 bits per heavy atom. The van der Waals surface area contributed by atoms with Crippen molar-refractivity contribution in [3.8, 4) is 0 Å². The first-order chi connectivity index (χ1) is 6.50. The van der Waals surface area contributed by atoms with Crippen LogP contribution >= 0.6 is 11.6 Å². The van der Waals surface area contributed by atoms with Crippen LogP contribution in [0.5, 0.6) is 0 Å². The van der Waals surface area contributed by atoms with E-state index in [1.165, 1.54) is 0 Å². The van der Waals surface area contributed by atoms with Crippen molar-refractivity contribution in [3.05, 3.63) is 11.6 Å². The van der Waals surface area contributed by atoms with Crippen molar-refractivity contribution in [1.29, 1.82) is 0 Å². The summed E-state index contributed by atoms with van der Waals surface area (Å²) < 4.78 is 5.20. The zero-order valence-electron chi connectivity index (χ0n) is 8.75. The van der Waals surface area contributed by atoms with Crippen LogP contribution in [-0.4, -0.2) is 12.1 Å². The summed E-state index contributed by atoms with van der Waals surface area (Å²) in [7, 11) is 0. The van der Waals surface area contributed by atoms with Crippen LogP contribution in [0.15, 0.2) is 11.6 Å². The molecular weight excluding hydrogens is 200 g/mol. The lowest BCUT2D eigenvalue weighted by Crippen LogP contribution is -2.28. The molecule has 80 valence electrons. The molecule has 3 heteroatoms. The van der Waals surface area contributed by atoms with Crippen LogP contribution in [0.2, 0.25) is 0 Å². The van der Waals surface area contributed by atoms with Crippen LogP contribution in [0.1, 0.15) is 33.1 Å². The fourth-order valence-corrected chi connectivity index (χ4v) is 1.87. The number of halogens is 1. The third kappa shape index (κ3) is 3.02. The molecule has 1 aliphatic rings. The zero-order chi connectivity index (χ0) is 10.7. The molecule has 1 aliphatic carbocycles. The number of carbonyl (C=O) groups is 1. The molecule has 0 N–H and O–H groups in total. The Balaban J connectivity index is 2.40. The van der Waals surface area contributed by atoms with E-state index in [4.69, 9.17) is 16.3 Å². The van der Waals surface area contributed by atoms with E-state index >= 15 is 0 Å². The Morgan fingerprint density at radius 1 is 1.36 bits per heavy atom. The smallest absolute Gasteiger partial charge is 0.349 e. The van der Waals surface area contributed by atoms with E-state index in [1.54, 1.807) is 0 Å². The predicted molar refractivity (Wildman–Crippen MR) is 57.1 cm³/mol. The van der Waals surface area contributed by atoms with Gasteiger partial charge in [0.25, 0.3) is 0 Å². The lowest BCUT2D eigenvalue weighted by atomic mass is 9.80. The largest absolute Gasteiger partial charge is 0.458 e. The van der Waals surface area contributed by atoms with Gasteiger partial charge in [-0.2, -0.15) is 0 Å². The summed E-state index contributed by atoms with van der Waals surface area (Å²) >= 11 is 5.44. The van der Waals surface area contributed by atoms with E-state index < -0.39 is 5.97 Å². The maximum absolute atomic E-state index is 11.1. The second kappa shape index (κ2) is 4.83. The van der Waals surface area contributed by atoms with Gasteiger partial charge in [-0.3, -0.25) is 0 Å². The van der Waals surface area contributed by atoms with E-state index in [-0.39, 0.29) is 11.1 Å². The Bertz CT molecular complexity index is 237. The Labute approximate surface area is 90.3 Å². The summed E-state index contributed by atoms with van der Waals surface area (Å²) in [5, 5.41) is -0.0312. The number of esters is 1. The summed E-state index contributed by atoms with van der Waals surface area (Å²) in [6, 6.07) is 0. The van der Waals surface area contributed by atoms with Crippen molar-refractivity contribution in [3.63, 3.8) is 0 Å². The highest BCUT2D eigenvalue weighted by Crippen LogP contribution is 2.31. The van der Waals surface area contributed by atoms with Gasteiger partial charge in [0.15, 0.2) is 0 Å². The Hall–Kier alpha value is -0.500. The van der Waals surface area contributed by atoms with Crippen LogP contribution in [0, 0.1) is 11.8 Å². The van der Waals surface area contributed by atoms with Gasteiger partial charge >= 0.3 is 5.97 Å². The summed E-state index contributed by atoms with van der Waals surface area (Å²) in [4.78, 5) is 11.1. The average molecular weight is 217 g/mol. The molecule has 14 heavy (non-hydrogen) atoms. The van der Waals surface area contributed by atoms with Crippen molar-refractivity contribution < 1.29 is 9.53 Å². The molecule has 1 fully saturated rings. The van der Waals surface area contributed by atoms with Gasteiger partial charge in [0, 0.05) is 0 Å². The number of ether oxygens (including phenoxy) is 1. The van der Waals surface area contributed by atoms with E-state index in [2.05, 4.69) is 20.4 Å². The maximum Gasteiger partial charge on any atom is 0.349 e. The molecule has 0 amide bonds. The molecule has 3 unspecified atom stereocenters. The van der Waals surface area contributed by atoms with Crippen molar-refractivity contribution in [2.45, 2.75) is 39.2 Å². The second-order valence-corrected chi connectivity index (χ2v) is 4.66. The number of hydrogen-bond donors (Lipinski definition) is 0. The van der Waals surface area contributed by atoms with Crippen molar-refractivity contribution in [2.24, 2.45) is 11.8 Å². The van der Waals surface area contributed by atoms with Crippen LogP contribution in [-0.2, 0) is 9.53 Å². The van der Waals surface area contributed by atoms with Gasteiger partial charge in [-0.25, -0.2) is 4.79 Å². The third-order valence-corrected chi connectivity index (χ3v) is 3.20.